The molecule has 0 unspecified atom stereocenters. The molecule has 27 heavy (non-hydrogen) atoms. The van der Waals surface area contributed by atoms with Crippen molar-refractivity contribution in [3.8, 4) is 16.9 Å². The Hall–Kier alpha value is -3.35. The van der Waals surface area contributed by atoms with E-state index in [-0.39, 0.29) is 11.8 Å². The van der Waals surface area contributed by atoms with Gasteiger partial charge in [-0.2, -0.15) is 0 Å². The van der Waals surface area contributed by atoms with Gasteiger partial charge in [0.2, 0.25) is 0 Å². The summed E-state index contributed by atoms with van der Waals surface area (Å²) in [5.74, 6) is 1.04. The highest BCUT2D eigenvalue weighted by molar-refractivity contribution is 5.82. The Morgan fingerprint density at radius 3 is 2.41 bits per heavy atom. The molecule has 0 atom stereocenters. The van der Waals surface area contributed by atoms with Gasteiger partial charge in [0.15, 0.2) is 0 Å². The first-order valence-corrected chi connectivity index (χ1v) is 8.78. The maximum absolute atomic E-state index is 11.6. The van der Waals surface area contributed by atoms with E-state index in [1.807, 2.05) is 30.3 Å². The second kappa shape index (κ2) is 7.11. The van der Waals surface area contributed by atoms with Crippen LogP contribution in [0.3, 0.4) is 0 Å². The van der Waals surface area contributed by atoms with Crippen LogP contribution >= 0.6 is 0 Å². The standard InChI is InChI=1S/C20H20N4O3/c1-27-20(26)24-10-8-23(9-11-24)19-13-21-17-7-4-15(12-18(17)22-19)14-2-5-16(25)6-3-14/h2-7,12-13,25H,8-11H2,1H3. The molecule has 7 nitrogen and oxygen atoms in total. The summed E-state index contributed by atoms with van der Waals surface area (Å²) in [7, 11) is 1.40. The molecule has 0 aliphatic carbocycles. The largest absolute Gasteiger partial charge is 0.508 e. The van der Waals surface area contributed by atoms with E-state index in [2.05, 4.69) is 9.88 Å². The number of rotatable bonds is 2. The fraction of sp³-hybridized carbons (Fsp3) is 0.250. The summed E-state index contributed by atoms with van der Waals surface area (Å²) in [4.78, 5) is 24.7. The fourth-order valence-electron chi connectivity index (χ4n) is 3.23. The monoisotopic (exact) mass is 364 g/mol. The third kappa shape index (κ3) is 3.48. The van der Waals surface area contributed by atoms with Crippen LogP contribution in [-0.4, -0.2) is 59.4 Å². The Morgan fingerprint density at radius 2 is 1.70 bits per heavy atom. The van der Waals surface area contributed by atoms with Crippen molar-refractivity contribution >= 4 is 22.9 Å². The van der Waals surface area contributed by atoms with E-state index in [0.29, 0.717) is 26.2 Å². The lowest BCUT2D eigenvalue weighted by Gasteiger charge is -2.34. The number of aromatic hydroxyl groups is 1. The van der Waals surface area contributed by atoms with Crippen LogP contribution in [0.4, 0.5) is 10.6 Å². The molecule has 4 rings (SSSR count). The number of benzene rings is 2. The van der Waals surface area contributed by atoms with E-state index in [1.54, 1.807) is 23.2 Å². The zero-order valence-corrected chi connectivity index (χ0v) is 15.0. The molecule has 1 saturated heterocycles. The third-order valence-corrected chi connectivity index (χ3v) is 4.77. The van der Waals surface area contributed by atoms with Crippen LogP contribution in [0.2, 0.25) is 0 Å². The molecule has 1 N–H and O–H groups in total. The number of phenolic OH excluding ortho intramolecular Hbond substituents is 1. The quantitative estimate of drug-likeness (QED) is 0.753. The SMILES string of the molecule is COC(=O)N1CCN(c2cnc3ccc(-c4ccc(O)cc4)cc3n2)CC1. The molecule has 1 aliphatic heterocycles. The minimum absolute atomic E-state index is 0.243. The number of amides is 1. The molecule has 0 saturated carbocycles. The Labute approximate surface area is 156 Å². The van der Waals surface area contributed by atoms with Crippen molar-refractivity contribution in [2.75, 3.05) is 38.2 Å². The first-order valence-electron chi connectivity index (χ1n) is 8.78. The summed E-state index contributed by atoms with van der Waals surface area (Å²) in [6.45, 7) is 2.57. The molecule has 2 aromatic carbocycles. The summed E-state index contributed by atoms with van der Waals surface area (Å²) < 4.78 is 4.78. The number of aromatic nitrogens is 2. The van der Waals surface area contributed by atoms with Crippen LogP contribution in [0.15, 0.2) is 48.7 Å². The van der Waals surface area contributed by atoms with Crippen molar-refractivity contribution in [1.29, 1.82) is 0 Å². The van der Waals surface area contributed by atoms with Crippen molar-refractivity contribution < 1.29 is 14.6 Å². The summed E-state index contributed by atoms with van der Waals surface area (Å²) in [6, 6.07) is 13.0. The number of anilines is 1. The number of piperazine rings is 1. The smallest absolute Gasteiger partial charge is 0.409 e. The molecule has 7 heteroatoms. The van der Waals surface area contributed by atoms with Crippen molar-refractivity contribution in [2.24, 2.45) is 0 Å². The fourth-order valence-corrected chi connectivity index (χ4v) is 3.23. The van der Waals surface area contributed by atoms with Crippen LogP contribution in [0.1, 0.15) is 0 Å². The number of fused-ring (bicyclic) bond motifs is 1. The molecule has 0 radical (unpaired) electrons. The normalized spacial score (nSPS) is 14.4. The topological polar surface area (TPSA) is 78.8 Å². The van der Waals surface area contributed by atoms with Crippen LogP contribution in [0.5, 0.6) is 5.75 Å². The minimum Gasteiger partial charge on any atom is -0.508 e. The predicted octanol–water partition coefficient (Wildman–Crippen LogP) is 2.89. The number of ether oxygens (including phenoxy) is 1. The number of methoxy groups -OCH3 is 1. The summed E-state index contributed by atoms with van der Waals surface area (Å²) in [6.07, 6.45) is 1.48. The van der Waals surface area contributed by atoms with Gasteiger partial charge in [-0.3, -0.25) is 4.98 Å². The lowest BCUT2D eigenvalue weighted by molar-refractivity contribution is 0.121. The van der Waals surface area contributed by atoms with Gasteiger partial charge in [0, 0.05) is 26.2 Å². The molecule has 0 spiro atoms. The number of nitrogens with zero attached hydrogens (tertiary/aromatic N) is 4. The van der Waals surface area contributed by atoms with Gasteiger partial charge in [-0.1, -0.05) is 18.2 Å². The number of hydrogen-bond acceptors (Lipinski definition) is 6. The Morgan fingerprint density at radius 1 is 1.00 bits per heavy atom. The zero-order valence-electron chi connectivity index (χ0n) is 15.0. The molecule has 1 fully saturated rings. The average molecular weight is 364 g/mol. The number of carbonyl (C=O) groups is 1. The maximum atomic E-state index is 11.6. The van der Waals surface area contributed by atoms with Gasteiger partial charge in [-0.15, -0.1) is 0 Å². The second-order valence-corrected chi connectivity index (χ2v) is 6.42. The van der Waals surface area contributed by atoms with Gasteiger partial charge >= 0.3 is 6.09 Å². The van der Waals surface area contributed by atoms with Crippen LogP contribution in [-0.2, 0) is 4.74 Å². The molecule has 2 heterocycles. The van der Waals surface area contributed by atoms with E-state index < -0.39 is 0 Å². The minimum atomic E-state index is -0.294. The molecule has 138 valence electrons. The summed E-state index contributed by atoms with van der Waals surface area (Å²) >= 11 is 0. The van der Waals surface area contributed by atoms with Crippen molar-refractivity contribution in [3.63, 3.8) is 0 Å². The number of carbonyl (C=O) groups excluding carboxylic acids is 1. The molecule has 1 aliphatic rings. The van der Waals surface area contributed by atoms with Gasteiger partial charge in [0.25, 0.3) is 0 Å². The highest BCUT2D eigenvalue weighted by atomic mass is 16.5. The Kier molecular flexibility index (Phi) is 4.50. The van der Waals surface area contributed by atoms with Crippen LogP contribution in [0.25, 0.3) is 22.2 Å². The van der Waals surface area contributed by atoms with Gasteiger partial charge in [-0.05, 0) is 35.4 Å². The van der Waals surface area contributed by atoms with Crippen molar-refractivity contribution in [1.82, 2.24) is 14.9 Å². The number of hydrogen-bond donors (Lipinski definition) is 1. The lowest BCUT2D eigenvalue weighted by Crippen LogP contribution is -2.49. The van der Waals surface area contributed by atoms with Gasteiger partial charge in [0.05, 0.1) is 24.3 Å². The summed E-state index contributed by atoms with van der Waals surface area (Å²) in [5.41, 5.74) is 3.67. The van der Waals surface area contributed by atoms with Crippen LogP contribution in [0, 0.1) is 0 Å². The first kappa shape index (κ1) is 17.1. The first-order chi connectivity index (χ1) is 13.1. The predicted molar refractivity (Wildman–Crippen MR) is 103 cm³/mol. The third-order valence-electron chi connectivity index (χ3n) is 4.77. The number of phenols is 1. The Bertz CT molecular complexity index is 967. The van der Waals surface area contributed by atoms with Gasteiger partial charge < -0.3 is 19.6 Å². The van der Waals surface area contributed by atoms with Gasteiger partial charge in [0.1, 0.15) is 11.6 Å². The lowest BCUT2D eigenvalue weighted by atomic mass is 10.0. The second-order valence-electron chi connectivity index (χ2n) is 6.42. The van der Waals surface area contributed by atoms with E-state index in [9.17, 15) is 9.90 Å². The summed E-state index contributed by atoms with van der Waals surface area (Å²) in [5, 5.41) is 9.46. The highest BCUT2D eigenvalue weighted by Crippen LogP contribution is 2.25. The molecule has 1 aromatic heterocycles. The van der Waals surface area contributed by atoms with E-state index in [4.69, 9.17) is 9.72 Å². The molecule has 3 aromatic rings. The van der Waals surface area contributed by atoms with Gasteiger partial charge in [-0.25, -0.2) is 9.78 Å². The van der Waals surface area contributed by atoms with E-state index in [0.717, 1.165) is 28.0 Å². The molecule has 0 bridgehead atoms. The highest BCUT2D eigenvalue weighted by Gasteiger charge is 2.22. The average Bonchev–Trinajstić information content (AvgIpc) is 2.73. The van der Waals surface area contributed by atoms with E-state index >= 15 is 0 Å². The molecular formula is C20H20N4O3. The Balaban J connectivity index is 1.58. The molecule has 1 amide bonds. The van der Waals surface area contributed by atoms with Crippen molar-refractivity contribution in [2.45, 2.75) is 0 Å². The maximum Gasteiger partial charge on any atom is 0.409 e. The zero-order chi connectivity index (χ0) is 18.8. The molecular weight excluding hydrogens is 344 g/mol. The van der Waals surface area contributed by atoms with Crippen molar-refractivity contribution in [3.05, 3.63) is 48.7 Å². The van der Waals surface area contributed by atoms with E-state index in [1.165, 1.54) is 7.11 Å². The van der Waals surface area contributed by atoms with Crippen LogP contribution < -0.4 is 4.90 Å².